The second-order valence-electron chi connectivity index (χ2n) is 5.91. The topological polar surface area (TPSA) is 60.7 Å². The van der Waals surface area contributed by atoms with E-state index in [1.54, 1.807) is 16.9 Å². The van der Waals surface area contributed by atoms with Gasteiger partial charge in [0.15, 0.2) is 5.82 Å². The van der Waals surface area contributed by atoms with Gasteiger partial charge in [0.25, 0.3) is 0 Å². The van der Waals surface area contributed by atoms with Crippen molar-refractivity contribution >= 4 is 6.29 Å². The molecule has 0 amide bonds. The summed E-state index contributed by atoms with van der Waals surface area (Å²) in [6.45, 7) is 0. The molecule has 5 nitrogen and oxygen atoms in total. The van der Waals surface area contributed by atoms with Crippen LogP contribution in [0.2, 0.25) is 0 Å². The van der Waals surface area contributed by atoms with Gasteiger partial charge in [-0.2, -0.15) is 0 Å². The van der Waals surface area contributed by atoms with Crippen LogP contribution in [0.1, 0.15) is 21.7 Å². The second-order valence-corrected chi connectivity index (χ2v) is 5.91. The maximum atomic E-state index is 10.9. The van der Waals surface area contributed by atoms with Crippen LogP contribution in [0.15, 0.2) is 78.9 Å². The van der Waals surface area contributed by atoms with E-state index in [0.29, 0.717) is 17.8 Å². The monoisotopic (exact) mass is 340 g/mol. The first-order chi connectivity index (χ1) is 12.8. The molecule has 0 saturated heterocycles. The number of carbonyl (C=O) groups excluding carboxylic acids is 1. The zero-order chi connectivity index (χ0) is 17.8. The smallest absolute Gasteiger partial charge is 0.179 e. The summed E-state index contributed by atoms with van der Waals surface area (Å²) in [5, 5.41) is 12.9. The number of aldehydes is 1. The van der Waals surface area contributed by atoms with Gasteiger partial charge in [0.05, 0.1) is 5.69 Å². The molecular formula is C21H16N4O. The van der Waals surface area contributed by atoms with Crippen LogP contribution in [-0.4, -0.2) is 26.5 Å². The van der Waals surface area contributed by atoms with E-state index in [-0.39, 0.29) is 0 Å². The van der Waals surface area contributed by atoms with Gasteiger partial charge < -0.3 is 0 Å². The lowest BCUT2D eigenvalue weighted by Crippen LogP contribution is -2.02. The first-order valence-electron chi connectivity index (χ1n) is 8.31. The fourth-order valence-corrected chi connectivity index (χ4v) is 2.83. The molecule has 4 aromatic rings. The molecule has 0 fully saturated rings. The molecule has 26 heavy (non-hydrogen) atoms. The maximum absolute atomic E-state index is 10.9. The Morgan fingerprint density at radius 2 is 1.58 bits per heavy atom. The minimum atomic E-state index is 0.636. The second kappa shape index (κ2) is 7.11. The summed E-state index contributed by atoms with van der Waals surface area (Å²) >= 11 is 0. The molecule has 0 bridgehead atoms. The molecule has 0 spiro atoms. The van der Waals surface area contributed by atoms with Gasteiger partial charge in [-0.15, -0.1) is 15.0 Å². The molecule has 0 radical (unpaired) electrons. The van der Waals surface area contributed by atoms with Crippen molar-refractivity contribution in [3.05, 3.63) is 95.8 Å². The highest BCUT2D eigenvalue weighted by atomic mass is 16.1. The SMILES string of the molecule is O=Cc1ccc(-c2ccccc2-n2nnc(Cc3ccccc3)n2)cc1. The lowest BCUT2D eigenvalue weighted by molar-refractivity contribution is 0.112. The number of rotatable bonds is 5. The molecule has 5 heteroatoms. The molecule has 0 aliphatic rings. The number of benzene rings is 3. The number of para-hydroxylation sites is 1. The summed E-state index contributed by atoms with van der Waals surface area (Å²) in [6.07, 6.45) is 1.47. The molecule has 0 saturated carbocycles. The highest BCUT2D eigenvalue weighted by Crippen LogP contribution is 2.26. The molecule has 0 N–H and O–H groups in total. The van der Waals surface area contributed by atoms with Crippen molar-refractivity contribution in [3.63, 3.8) is 0 Å². The van der Waals surface area contributed by atoms with E-state index in [1.165, 1.54) is 0 Å². The van der Waals surface area contributed by atoms with E-state index < -0.39 is 0 Å². The van der Waals surface area contributed by atoms with E-state index in [0.717, 1.165) is 28.7 Å². The van der Waals surface area contributed by atoms with Crippen LogP contribution in [0.4, 0.5) is 0 Å². The summed E-state index contributed by atoms with van der Waals surface area (Å²) in [7, 11) is 0. The van der Waals surface area contributed by atoms with Crippen molar-refractivity contribution in [3.8, 4) is 16.8 Å². The Morgan fingerprint density at radius 3 is 2.35 bits per heavy atom. The summed E-state index contributed by atoms with van der Waals surface area (Å²) in [5.41, 5.74) is 4.61. The van der Waals surface area contributed by atoms with Crippen molar-refractivity contribution in [2.24, 2.45) is 0 Å². The third-order valence-electron chi connectivity index (χ3n) is 4.14. The van der Waals surface area contributed by atoms with Crippen molar-refractivity contribution in [1.82, 2.24) is 20.2 Å². The molecule has 1 heterocycles. The molecular weight excluding hydrogens is 324 g/mol. The highest BCUT2D eigenvalue weighted by Gasteiger charge is 2.11. The molecule has 0 aliphatic heterocycles. The largest absolute Gasteiger partial charge is 0.298 e. The normalized spacial score (nSPS) is 10.6. The maximum Gasteiger partial charge on any atom is 0.179 e. The Bertz CT molecular complexity index is 1020. The van der Waals surface area contributed by atoms with E-state index in [1.807, 2.05) is 66.7 Å². The zero-order valence-corrected chi connectivity index (χ0v) is 14.0. The first-order valence-corrected chi connectivity index (χ1v) is 8.31. The zero-order valence-electron chi connectivity index (χ0n) is 14.0. The summed E-state index contributed by atoms with van der Waals surface area (Å²) < 4.78 is 0. The quantitative estimate of drug-likeness (QED) is 0.519. The minimum absolute atomic E-state index is 0.636. The minimum Gasteiger partial charge on any atom is -0.298 e. The summed E-state index contributed by atoms with van der Waals surface area (Å²) in [6, 6.07) is 25.4. The van der Waals surface area contributed by atoms with E-state index >= 15 is 0 Å². The lowest BCUT2D eigenvalue weighted by Gasteiger charge is -2.08. The first kappa shape index (κ1) is 15.9. The van der Waals surface area contributed by atoms with Gasteiger partial charge in [-0.1, -0.05) is 72.8 Å². The van der Waals surface area contributed by atoms with Crippen LogP contribution in [0.25, 0.3) is 16.8 Å². The van der Waals surface area contributed by atoms with Crippen LogP contribution in [0.5, 0.6) is 0 Å². The van der Waals surface area contributed by atoms with Crippen molar-refractivity contribution in [2.75, 3.05) is 0 Å². The number of tetrazole rings is 1. The Kier molecular flexibility index (Phi) is 4.35. The van der Waals surface area contributed by atoms with Crippen molar-refractivity contribution < 1.29 is 4.79 Å². The van der Waals surface area contributed by atoms with Crippen molar-refractivity contribution in [2.45, 2.75) is 6.42 Å². The number of carbonyl (C=O) groups is 1. The van der Waals surface area contributed by atoms with Crippen LogP contribution >= 0.6 is 0 Å². The third-order valence-corrected chi connectivity index (χ3v) is 4.14. The number of nitrogens with zero attached hydrogens (tertiary/aromatic N) is 4. The van der Waals surface area contributed by atoms with E-state index in [2.05, 4.69) is 15.4 Å². The van der Waals surface area contributed by atoms with Gasteiger partial charge in [0.1, 0.15) is 6.29 Å². The standard InChI is InChI=1S/C21H16N4O/c26-15-17-10-12-18(13-11-17)19-8-4-5-9-20(19)25-23-21(22-24-25)14-16-6-2-1-3-7-16/h1-13,15H,14H2. The molecule has 0 atom stereocenters. The number of aromatic nitrogens is 4. The Hall–Kier alpha value is -3.60. The molecule has 0 aliphatic carbocycles. The number of hydrogen-bond donors (Lipinski definition) is 0. The molecule has 3 aromatic carbocycles. The van der Waals surface area contributed by atoms with Crippen LogP contribution < -0.4 is 0 Å². The van der Waals surface area contributed by atoms with Gasteiger partial charge in [0, 0.05) is 17.5 Å². The molecule has 1 aromatic heterocycles. The Balaban J connectivity index is 1.67. The van der Waals surface area contributed by atoms with Crippen LogP contribution in [0.3, 0.4) is 0 Å². The summed E-state index contributed by atoms with van der Waals surface area (Å²) in [4.78, 5) is 12.4. The van der Waals surface area contributed by atoms with Crippen molar-refractivity contribution in [1.29, 1.82) is 0 Å². The average molecular weight is 340 g/mol. The van der Waals surface area contributed by atoms with Crippen LogP contribution in [-0.2, 0) is 6.42 Å². The Morgan fingerprint density at radius 1 is 0.846 bits per heavy atom. The van der Waals surface area contributed by atoms with Gasteiger partial charge in [0.2, 0.25) is 0 Å². The van der Waals surface area contributed by atoms with Gasteiger partial charge >= 0.3 is 0 Å². The van der Waals surface area contributed by atoms with Gasteiger partial charge in [-0.25, -0.2) is 0 Å². The van der Waals surface area contributed by atoms with E-state index in [4.69, 9.17) is 0 Å². The van der Waals surface area contributed by atoms with Gasteiger partial charge in [-0.05, 0) is 22.4 Å². The molecule has 126 valence electrons. The number of hydrogen-bond acceptors (Lipinski definition) is 4. The van der Waals surface area contributed by atoms with Gasteiger partial charge in [-0.3, -0.25) is 4.79 Å². The third kappa shape index (κ3) is 3.28. The van der Waals surface area contributed by atoms with E-state index in [9.17, 15) is 4.79 Å². The predicted octanol–water partition coefficient (Wildman–Crippen LogP) is 3.73. The fraction of sp³-hybridized carbons (Fsp3) is 0.0476. The molecule has 4 rings (SSSR count). The fourth-order valence-electron chi connectivity index (χ4n) is 2.83. The average Bonchev–Trinajstić information content (AvgIpc) is 3.17. The van der Waals surface area contributed by atoms with Crippen LogP contribution in [0, 0.1) is 0 Å². The predicted molar refractivity (Wildman–Crippen MR) is 99.2 cm³/mol. The molecule has 0 unspecified atom stereocenters. The summed E-state index contributed by atoms with van der Waals surface area (Å²) in [5.74, 6) is 0.669. The lowest BCUT2D eigenvalue weighted by atomic mass is 10.0. The highest BCUT2D eigenvalue weighted by molar-refractivity contribution is 5.78. The Labute approximate surface area is 150 Å².